The Morgan fingerprint density at radius 2 is 1.68 bits per heavy atom. The molecule has 2 aromatic carbocycles. The first-order valence-corrected chi connectivity index (χ1v) is 9.12. The van der Waals surface area contributed by atoms with Gasteiger partial charge in [-0.15, -0.1) is 0 Å². The van der Waals surface area contributed by atoms with Crippen molar-refractivity contribution in [3.63, 3.8) is 0 Å². The van der Waals surface area contributed by atoms with Gasteiger partial charge in [0.25, 0.3) is 5.78 Å². The van der Waals surface area contributed by atoms with E-state index in [2.05, 4.69) is 9.73 Å². The fourth-order valence-electron chi connectivity index (χ4n) is 3.01. The van der Waals surface area contributed by atoms with E-state index in [1.165, 1.54) is 23.1 Å². The standard InChI is InChI=1S/C22H17F3N2O4/c1-31-21(30)20(29)16-10-6-5-7-14(16)11-18(28)17-12-27(15-8-3-2-4-9-15)13-19(26-17)22(23,24)25/h2-10,13H,11-12H2,1H3. The first-order valence-electron chi connectivity index (χ1n) is 9.12. The molecule has 0 spiro atoms. The molecular weight excluding hydrogens is 413 g/mol. The van der Waals surface area contributed by atoms with E-state index in [1.54, 1.807) is 36.4 Å². The van der Waals surface area contributed by atoms with Gasteiger partial charge < -0.3 is 9.64 Å². The molecule has 0 amide bonds. The highest BCUT2D eigenvalue weighted by Crippen LogP contribution is 2.31. The summed E-state index contributed by atoms with van der Waals surface area (Å²) in [6, 6.07) is 14.1. The molecule has 0 N–H and O–H groups in total. The molecule has 1 aliphatic rings. The van der Waals surface area contributed by atoms with E-state index in [-0.39, 0.29) is 23.4 Å². The van der Waals surface area contributed by atoms with Crippen LogP contribution < -0.4 is 4.90 Å². The van der Waals surface area contributed by atoms with Crippen LogP contribution in [0.15, 0.2) is 71.5 Å². The predicted molar refractivity (Wildman–Crippen MR) is 107 cm³/mol. The van der Waals surface area contributed by atoms with E-state index in [0.29, 0.717) is 5.69 Å². The van der Waals surface area contributed by atoms with Gasteiger partial charge >= 0.3 is 12.1 Å². The molecule has 0 fully saturated rings. The Kier molecular flexibility index (Phi) is 6.33. The van der Waals surface area contributed by atoms with Crippen LogP contribution in [0.5, 0.6) is 0 Å². The molecular formula is C22H17F3N2O4. The van der Waals surface area contributed by atoms with Crippen LogP contribution in [0.3, 0.4) is 0 Å². The van der Waals surface area contributed by atoms with Crippen molar-refractivity contribution in [2.75, 3.05) is 18.6 Å². The third-order valence-corrected chi connectivity index (χ3v) is 4.54. The van der Waals surface area contributed by atoms with Gasteiger partial charge in [-0.25, -0.2) is 9.79 Å². The number of hydrogen-bond acceptors (Lipinski definition) is 6. The maximum absolute atomic E-state index is 13.4. The summed E-state index contributed by atoms with van der Waals surface area (Å²) < 4.78 is 44.6. The molecule has 31 heavy (non-hydrogen) atoms. The van der Waals surface area contributed by atoms with E-state index in [1.807, 2.05) is 0 Å². The molecule has 0 saturated carbocycles. The molecule has 3 rings (SSSR count). The van der Waals surface area contributed by atoms with Crippen molar-refractivity contribution >= 4 is 28.9 Å². The number of Topliss-reactive ketones (excluding diaryl/α,β-unsaturated/α-hetero) is 2. The summed E-state index contributed by atoms with van der Waals surface area (Å²) in [4.78, 5) is 41.5. The van der Waals surface area contributed by atoms with Crippen LogP contribution >= 0.6 is 0 Å². The molecule has 1 heterocycles. The van der Waals surface area contributed by atoms with Crippen LogP contribution in [0.4, 0.5) is 18.9 Å². The number of halogens is 3. The van der Waals surface area contributed by atoms with Gasteiger partial charge in [0.2, 0.25) is 0 Å². The zero-order chi connectivity index (χ0) is 22.6. The highest BCUT2D eigenvalue weighted by atomic mass is 19.4. The van der Waals surface area contributed by atoms with Gasteiger partial charge in [0.15, 0.2) is 11.5 Å². The summed E-state index contributed by atoms with van der Waals surface area (Å²) in [5, 5.41) is 0. The van der Waals surface area contributed by atoms with Gasteiger partial charge in [0, 0.05) is 23.9 Å². The minimum atomic E-state index is -4.75. The maximum Gasteiger partial charge on any atom is 0.434 e. The average molecular weight is 430 g/mol. The summed E-state index contributed by atoms with van der Waals surface area (Å²) >= 11 is 0. The number of carbonyl (C=O) groups is 3. The van der Waals surface area contributed by atoms with Crippen molar-refractivity contribution in [2.45, 2.75) is 12.6 Å². The number of ether oxygens (including phenoxy) is 1. The SMILES string of the molecule is COC(=O)C(=O)c1ccccc1CC(=O)C1=NC(C(F)(F)F)=CN(c2ccccc2)C1. The molecule has 0 radical (unpaired) electrons. The number of nitrogens with zero attached hydrogens (tertiary/aromatic N) is 2. The molecule has 6 nitrogen and oxygen atoms in total. The molecule has 0 aromatic heterocycles. The van der Waals surface area contributed by atoms with Crippen LogP contribution in [0.25, 0.3) is 0 Å². The second-order valence-electron chi connectivity index (χ2n) is 6.61. The fourth-order valence-corrected chi connectivity index (χ4v) is 3.01. The highest BCUT2D eigenvalue weighted by molar-refractivity contribution is 6.43. The fraction of sp³-hybridized carbons (Fsp3) is 0.182. The van der Waals surface area contributed by atoms with Crippen LogP contribution in [-0.2, 0) is 20.7 Å². The van der Waals surface area contributed by atoms with E-state index in [4.69, 9.17) is 0 Å². The van der Waals surface area contributed by atoms with Crippen LogP contribution in [0, 0.1) is 0 Å². The number of ketones is 2. The number of para-hydroxylation sites is 1. The number of carbonyl (C=O) groups excluding carboxylic acids is 3. The molecule has 0 atom stereocenters. The monoisotopic (exact) mass is 430 g/mol. The lowest BCUT2D eigenvalue weighted by molar-refractivity contribution is -0.135. The van der Waals surface area contributed by atoms with Crippen molar-refractivity contribution in [2.24, 2.45) is 4.99 Å². The minimum absolute atomic E-state index is 0.0504. The van der Waals surface area contributed by atoms with Crippen molar-refractivity contribution in [3.05, 3.63) is 77.6 Å². The van der Waals surface area contributed by atoms with Gasteiger partial charge in [-0.1, -0.05) is 42.5 Å². The Hall–Kier alpha value is -3.75. The van der Waals surface area contributed by atoms with Crippen molar-refractivity contribution in [1.29, 1.82) is 0 Å². The van der Waals surface area contributed by atoms with Gasteiger partial charge in [-0.2, -0.15) is 13.2 Å². The molecule has 0 bridgehead atoms. The number of anilines is 1. The molecule has 0 unspecified atom stereocenters. The van der Waals surface area contributed by atoms with Crippen LogP contribution in [0.2, 0.25) is 0 Å². The molecule has 0 aliphatic carbocycles. The first-order chi connectivity index (χ1) is 14.7. The third-order valence-electron chi connectivity index (χ3n) is 4.54. The molecule has 2 aromatic rings. The molecule has 9 heteroatoms. The average Bonchev–Trinajstić information content (AvgIpc) is 2.78. The van der Waals surface area contributed by atoms with Crippen LogP contribution in [-0.4, -0.2) is 43.1 Å². The van der Waals surface area contributed by atoms with Crippen LogP contribution in [0.1, 0.15) is 15.9 Å². The number of esters is 1. The summed E-state index contributed by atoms with van der Waals surface area (Å²) in [7, 11) is 1.05. The molecule has 160 valence electrons. The number of allylic oxidation sites excluding steroid dienone is 1. The Labute approximate surface area is 175 Å². The lowest BCUT2D eigenvalue weighted by Gasteiger charge is -2.26. The van der Waals surface area contributed by atoms with Gasteiger partial charge in [-0.3, -0.25) is 9.59 Å². The normalized spacial score (nSPS) is 13.9. The van der Waals surface area contributed by atoms with Crippen molar-refractivity contribution in [3.8, 4) is 0 Å². The first kappa shape index (κ1) is 21.9. The quantitative estimate of drug-likeness (QED) is 0.398. The van der Waals surface area contributed by atoms with E-state index >= 15 is 0 Å². The summed E-state index contributed by atoms with van der Waals surface area (Å²) in [5.74, 6) is -2.74. The number of benzene rings is 2. The zero-order valence-corrected chi connectivity index (χ0v) is 16.3. The number of hydrogen-bond donors (Lipinski definition) is 0. The third kappa shape index (κ3) is 5.06. The van der Waals surface area contributed by atoms with Gasteiger partial charge in [0.05, 0.1) is 13.7 Å². The highest BCUT2D eigenvalue weighted by Gasteiger charge is 2.38. The lowest BCUT2D eigenvalue weighted by Crippen LogP contribution is -2.36. The predicted octanol–water partition coefficient (Wildman–Crippen LogP) is 3.52. The second-order valence-corrected chi connectivity index (χ2v) is 6.61. The summed E-state index contributed by atoms with van der Waals surface area (Å²) in [5.41, 5.74) is -0.903. The summed E-state index contributed by atoms with van der Waals surface area (Å²) in [6.45, 7) is -0.171. The van der Waals surface area contributed by atoms with E-state index in [0.717, 1.165) is 13.3 Å². The van der Waals surface area contributed by atoms with E-state index in [9.17, 15) is 27.6 Å². The van der Waals surface area contributed by atoms with Crippen molar-refractivity contribution in [1.82, 2.24) is 0 Å². The number of methoxy groups -OCH3 is 1. The Morgan fingerprint density at radius 1 is 1.03 bits per heavy atom. The zero-order valence-electron chi connectivity index (χ0n) is 16.3. The van der Waals surface area contributed by atoms with Gasteiger partial charge in [0.1, 0.15) is 5.71 Å². The molecule has 0 saturated heterocycles. The summed E-state index contributed by atoms with van der Waals surface area (Å²) in [6.07, 6.45) is -4.30. The minimum Gasteiger partial charge on any atom is -0.463 e. The number of rotatable bonds is 6. The number of aliphatic imine (C=N–C) groups is 1. The largest absolute Gasteiger partial charge is 0.463 e. The molecule has 1 aliphatic heterocycles. The Bertz CT molecular complexity index is 1080. The topological polar surface area (TPSA) is 76.0 Å². The second kappa shape index (κ2) is 8.95. The maximum atomic E-state index is 13.4. The lowest BCUT2D eigenvalue weighted by atomic mass is 9.97. The van der Waals surface area contributed by atoms with E-state index < -0.39 is 35.8 Å². The Balaban J connectivity index is 1.91. The van der Waals surface area contributed by atoms with Crippen molar-refractivity contribution < 1.29 is 32.3 Å². The smallest absolute Gasteiger partial charge is 0.434 e. The number of alkyl halides is 3. The van der Waals surface area contributed by atoms with Gasteiger partial charge in [-0.05, 0) is 17.7 Å². The Morgan fingerprint density at radius 3 is 2.32 bits per heavy atom.